The van der Waals surface area contributed by atoms with Gasteiger partial charge in [0.15, 0.2) is 11.5 Å². The third-order valence-corrected chi connectivity index (χ3v) is 5.21. The van der Waals surface area contributed by atoms with Crippen LogP contribution in [0.4, 0.5) is 0 Å². The number of hydrogen-bond donors (Lipinski definition) is 1. The number of hydrogen-bond acceptors (Lipinski definition) is 6. The monoisotopic (exact) mass is 417 g/mol. The van der Waals surface area contributed by atoms with Gasteiger partial charge >= 0.3 is 0 Å². The second kappa shape index (κ2) is 9.95. The van der Waals surface area contributed by atoms with Crippen LogP contribution in [0.15, 0.2) is 23.1 Å². The van der Waals surface area contributed by atoms with Crippen molar-refractivity contribution in [2.45, 2.75) is 20.4 Å². The summed E-state index contributed by atoms with van der Waals surface area (Å²) in [6.07, 6.45) is 1.65. The van der Waals surface area contributed by atoms with Gasteiger partial charge in [-0.25, -0.2) is 0 Å². The molecule has 0 spiro atoms. The lowest BCUT2D eigenvalue weighted by atomic mass is 10.0. The van der Waals surface area contributed by atoms with E-state index in [-0.39, 0.29) is 17.4 Å². The number of fused-ring (bicyclic) bond motifs is 1. The normalized spacial score (nSPS) is 14.8. The lowest BCUT2D eigenvalue weighted by Crippen LogP contribution is -2.41. The molecule has 1 aliphatic rings. The zero-order valence-electron chi connectivity index (χ0n) is 18.2. The number of amides is 1. The molecule has 2 aromatic rings. The number of nitrogens with zero attached hydrogens (tertiary/aromatic N) is 2. The summed E-state index contributed by atoms with van der Waals surface area (Å²) >= 11 is 0. The SMILES string of the molecule is COc1cc2c(C(=O)NCCN3CCOCC3)cn(CC(C)C)c(=O)c2cc1OC. The molecule has 3 rings (SSSR count). The predicted octanol–water partition coefficient (Wildman–Crippen LogP) is 1.74. The summed E-state index contributed by atoms with van der Waals surface area (Å²) in [5, 5.41) is 3.99. The summed E-state index contributed by atoms with van der Waals surface area (Å²) in [6, 6.07) is 3.35. The van der Waals surface area contributed by atoms with Crippen molar-refractivity contribution < 1.29 is 19.0 Å². The summed E-state index contributed by atoms with van der Waals surface area (Å²) < 4.78 is 17.7. The number of carbonyl (C=O) groups is 1. The Bertz CT molecular complexity index is 948. The molecule has 0 unspecified atom stereocenters. The zero-order valence-corrected chi connectivity index (χ0v) is 18.2. The molecule has 1 fully saturated rings. The summed E-state index contributed by atoms with van der Waals surface area (Å²) in [4.78, 5) is 28.4. The van der Waals surface area contributed by atoms with Gasteiger partial charge < -0.3 is 24.1 Å². The van der Waals surface area contributed by atoms with Gasteiger partial charge in [0.05, 0.1) is 38.4 Å². The van der Waals surface area contributed by atoms with E-state index < -0.39 is 0 Å². The number of nitrogens with one attached hydrogen (secondary N) is 1. The van der Waals surface area contributed by atoms with Crippen molar-refractivity contribution in [3.8, 4) is 11.5 Å². The van der Waals surface area contributed by atoms with Gasteiger partial charge in [-0.1, -0.05) is 13.8 Å². The van der Waals surface area contributed by atoms with Gasteiger partial charge in [0.2, 0.25) is 0 Å². The van der Waals surface area contributed by atoms with Gasteiger partial charge in [-0.3, -0.25) is 14.5 Å². The molecule has 0 aliphatic carbocycles. The van der Waals surface area contributed by atoms with E-state index in [0.717, 1.165) is 32.8 Å². The summed E-state index contributed by atoms with van der Waals surface area (Å²) in [5.74, 6) is 0.993. The Morgan fingerprint density at radius 1 is 1.13 bits per heavy atom. The second-order valence-electron chi connectivity index (χ2n) is 7.86. The molecular formula is C22H31N3O5. The van der Waals surface area contributed by atoms with Crippen molar-refractivity contribution in [1.82, 2.24) is 14.8 Å². The number of pyridine rings is 1. The molecule has 1 aromatic carbocycles. The van der Waals surface area contributed by atoms with Crippen molar-refractivity contribution in [1.29, 1.82) is 0 Å². The summed E-state index contributed by atoms with van der Waals surface area (Å²) in [7, 11) is 3.06. The fraction of sp³-hybridized carbons (Fsp3) is 0.545. The predicted molar refractivity (Wildman–Crippen MR) is 116 cm³/mol. The Hall–Kier alpha value is -2.58. The molecule has 8 heteroatoms. The van der Waals surface area contributed by atoms with Gasteiger partial charge in [-0.15, -0.1) is 0 Å². The van der Waals surface area contributed by atoms with Crippen LogP contribution in [0.2, 0.25) is 0 Å². The van der Waals surface area contributed by atoms with Crippen LogP contribution in [0.25, 0.3) is 10.8 Å². The van der Waals surface area contributed by atoms with Gasteiger partial charge in [0, 0.05) is 44.3 Å². The molecule has 2 heterocycles. The molecule has 8 nitrogen and oxygen atoms in total. The molecule has 1 amide bonds. The Balaban J connectivity index is 1.94. The van der Waals surface area contributed by atoms with Crippen LogP contribution >= 0.6 is 0 Å². The fourth-order valence-corrected chi connectivity index (χ4v) is 3.67. The molecule has 30 heavy (non-hydrogen) atoms. The van der Waals surface area contributed by atoms with E-state index in [1.54, 1.807) is 22.9 Å². The first-order valence-electron chi connectivity index (χ1n) is 10.3. The third-order valence-electron chi connectivity index (χ3n) is 5.21. The average molecular weight is 418 g/mol. The Morgan fingerprint density at radius 2 is 1.77 bits per heavy atom. The molecule has 1 N–H and O–H groups in total. The quantitative estimate of drug-likeness (QED) is 0.705. The third kappa shape index (κ3) is 4.94. The first-order valence-corrected chi connectivity index (χ1v) is 10.3. The van der Waals surface area contributed by atoms with Crippen molar-refractivity contribution in [3.63, 3.8) is 0 Å². The maximum atomic E-state index is 13.1. The average Bonchev–Trinajstić information content (AvgIpc) is 2.75. The van der Waals surface area contributed by atoms with E-state index in [1.807, 2.05) is 13.8 Å². The molecule has 1 aliphatic heterocycles. The number of morpholine rings is 1. The molecule has 0 atom stereocenters. The van der Waals surface area contributed by atoms with E-state index in [1.165, 1.54) is 14.2 Å². The standard InChI is InChI=1S/C22H31N3O5/c1-15(2)13-25-14-18(21(26)23-5-6-24-7-9-30-10-8-24)16-11-19(28-3)20(29-4)12-17(16)22(25)27/h11-12,14-15H,5-10,13H2,1-4H3,(H,23,26). The number of aromatic nitrogens is 1. The maximum Gasteiger partial charge on any atom is 0.258 e. The van der Waals surface area contributed by atoms with E-state index >= 15 is 0 Å². The molecule has 0 saturated carbocycles. The minimum Gasteiger partial charge on any atom is -0.493 e. The number of ether oxygens (including phenoxy) is 3. The number of benzene rings is 1. The Labute approximate surface area is 176 Å². The molecule has 0 radical (unpaired) electrons. The van der Waals surface area contributed by atoms with E-state index in [2.05, 4.69) is 10.2 Å². The smallest absolute Gasteiger partial charge is 0.258 e. The van der Waals surface area contributed by atoms with Crippen LogP contribution in [0.1, 0.15) is 24.2 Å². The number of carbonyl (C=O) groups excluding carboxylic acids is 1. The highest BCUT2D eigenvalue weighted by Crippen LogP contribution is 2.32. The first-order chi connectivity index (χ1) is 14.4. The van der Waals surface area contributed by atoms with Gasteiger partial charge in [-0.05, 0) is 18.1 Å². The van der Waals surface area contributed by atoms with Gasteiger partial charge in [0.1, 0.15) is 0 Å². The second-order valence-corrected chi connectivity index (χ2v) is 7.86. The largest absolute Gasteiger partial charge is 0.493 e. The Kier molecular flexibility index (Phi) is 7.33. The van der Waals surface area contributed by atoms with Crippen LogP contribution in [0.5, 0.6) is 11.5 Å². The van der Waals surface area contributed by atoms with Crippen molar-refractivity contribution >= 4 is 16.7 Å². The minimum absolute atomic E-state index is 0.149. The highest BCUT2D eigenvalue weighted by molar-refractivity contribution is 6.07. The van der Waals surface area contributed by atoms with Crippen molar-refractivity contribution in [2.24, 2.45) is 5.92 Å². The van der Waals surface area contributed by atoms with Crippen molar-refractivity contribution in [2.75, 3.05) is 53.6 Å². The Morgan fingerprint density at radius 3 is 2.37 bits per heavy atom. The highest BCUT2D eigenvalue weighted by atomic mass is 16.5. The number of methoxy groups -OCH3 is 2. The minimum atomic E-state index is -0.210. The summed E-state index contributed by atoms with van der Waals surface area (Å²) in [6.45, 7) is 9.06. The molecule has 164 valence electrons. The lowest BCUT2D eigenvalue weighted by Gasteiger charge is -2.26. The van der Waals surface area contributed by atoms with Crippen LogP contribution in [0.3, 0.4) is 0 Å². The van der Waals surface area contributed by atoms with Crippen LogP contribution in [-0.4, -0.2) is 69.0 Å². The molecular weight excluding hydrogens is 386 g/mol. The maximum absolute atomic E-state index is 13.1. The van der Waals surface area contributed by atoms with Crippen LogP contribution in [-0.2, 0) is 11.3 Å². The first kappa shape index (κ1) is 22.1. The van der Waals surface area contributed by atoms with Crippen LogP contribution in [0, 0.1) is 5.92 Å². The molecule has 1 aromatic heterocycles. The van der Waals surface area contributed by atoms with E-state index in [4.69, 9.17) is 14.2 Å². The fourth-order valence-electron chi connectivity index (χ4n) is 3.67. The van der Waals surface area contributed by atoms with E-state index in [0.29, 0.717) is 40.9 Å². The zero-order chi connectivity index (χ0) is 21.7. The summed E-state index contributed by atoms with van der Waals surface area (Å²) in [5.41, 5.74) is 0.303. The number of rotatable bonds is 8. The highest BCUT2D eigenvalue weighted by Gasteiger charge is 2.19. The lowest BCUT2D eigenvalue weighted by molar-refractivity contribution is 0.0383. The van der Waals surface area contributed by atoms with Crippen LogP contribution < -0.4 is 20.3 Å². The molecule has 0 bridgehead atoms. The van der Waals surface area contributed by atoms with E-state index in [9.17, 15) is 9.59 Å². The molecule has 1 saturated heterocycles. The topological polar surface area (TPSA) is 82.0 Å². The van der Waals surface area contributed by atoms with Gasteiger partial charge in [0.25, 0.3) is 11.5 Å². The van der Waals surface area contributed by atoms with Crippen molar-refractivity contribution in [3.05, 3.63) is 34.2 Å². The van der Waals surface area contributed by atoms with Gasteiger partial charge in [-0.2, -0.15) is 0 Å².